The van der Waals surface area contributed by atoms with Gasteiger partial charge in [0.2, 0.25) is 0 Å². The van der Waals surface area contributed by atoms with Crippen LogP contribution in [0, 0.1) is 0 Å². The van der Waals surface area contributed by atoms with Crippen molar-refractivity contribution in [3.63, 3.8) is 0 Å². The molecule has 0 saturated carbocycles. The van der Waals surface area contributed by atoms with Crippen LogP contribution in [0.2, 0.25) is 0 Å². The largest absolute Gasteiger partial charge is 0.493 e. The smallest absolute Gasteiger partial charge is 0.175 e. The van der Waals surface area contributed by atoms with E-state index in [1.807, 2.05) is 6.26 Å². The zero-order valence-electron chi connectivity index (χ0n) is 9.29. The van der Waals surface area contributed by atoms with E-state index in [1.54, 1.807) is 33.3 Å². The van der Waals surface area contributed by atoms with Crippen LogP contribution in [0.3, 0.4) is 0 Å². The van der Waals surface area contributed by atoms with Crippen molar-refractivity contribution in [3.8, 4) is 11.5 Å². The minimum absolute atomic E-state index is 0.0281. The molecular formula is C11H14O3S. The summed E-state index contributed by atoms with van der Waals surface area (Å²) in [5, 5.41) is 0. The third-order valence-corrected chi connectivity index (χ3v) is 2.90. The lowest BCUT2D eigenvalue weighted by Crippen LogP contribution is -2.00. The van der Waals surface area contributed by atoms with Crippen LogP contribution in [0.4, 0.5) is 0 Å². The highest BCUT2D eigenvalue weighted by Crippen LogP contribution is 2.39. The first-order chi connectivity index (χ1) is 7.15. The zero-order chi connectivity index (χ0) is 11.4. The summed E-state index contributed by atoms with van der Waals surface area (Å²) in [6.45, 7) is 1.54. The first-order valence-electron chi connectivity index (χ1n) is 4.45. The first kappa shape index (κ1) is 11.9. The lowest BCUT2D eigenvalue weighted by Gasteiger charge is -2.13. The van der Waals surface area contributed by atoms with Gasteiger partial charge in [-0.2, -0.15) is 0 Å². The Morgan fingerprint density at radius 1 is 1.27 bits per heavy atom. The summed E-state index contributed by atoms with van der Waals surface area (Å²) in [5.74, 6) is 1.30. The molecule has 15 heavy (non-hydrogen) atoms. The van der Waals surface area contributed by atoms with Crippen molar-refractivity contribution in [1.82, 2.24) is 0 Å². The summed E-state index contributed by atoms with van der Waals surface area (Å²) in [6.07, 6.45) is 1.91. The van der Waals surface area contributed by atoms with E-state index in [-0.39, 0.29) is 5.78 Å². The molecule has 0 N–H and O–H groups in total. The molecule has 3 nitrogen and oxygen atoms in total. The van der Waals surface area contributed by atoms with E-state index in [2.05, 4.69) is 0 Å². The molecule has 1 aromatic rings. The molecule has 1 aromatic carbocycles. The molecule has 0 aliphatic heterocycles. The second-order valence-electron chi connectivity index (χ2n) is 2.94. The van der Waals surface area contributed by atoms with Crippen LogP contribution >= 0.6 is 11.8 Å². The van der Waals surface area contributed by atoms with Crippen molar-refractivity contribution in [2.75, 3.05) is 20.5 Å². The van der Waals surface area contributed by atoms with Crippen molar-refractivity contribution < 1.29 is 14.3 Å². The van der Waals surface area contributed by atoms with Crippen molar-refractivity contribution in [3.05, 3.63) is 17.7 Å². The molecule has 82 valence electrons. The maximum atomic E-state index is 11.4. The highest BCUT2D eigenvalue weighted by Gasteiger charge is 2.16. The van der Waals surface area contributed by atoms with Gasteiger partial charge >= 0.3 is 0 Å². The Kier molecular flexibility index (Phi) is 4.03. The molecule has 0 radical (unpaired) electrons. The molecule has 1 rings (SSSR count). The minimum Gasteiger partial charge on any atom is -0.493 e. The van der Waals surface area contributed by atoms with Crippen LogP contribution in [0.25, 0.3) is 0 Å². The van der Waals surface area contributed by atoms with Gasteiger partial charge in [0.15, 0.2) is 17.3 Å². The number of benzene rings is 1. The van der Waals surface area contributed by atoms with Gasteiger partial charge in [0.25, 0.3) is 0 Å². The predicted octanol–water partition coefficient (Wildman–Crippen LogP) is 2.63. The number of carbonyl (C=O) groups is 1. The molecule has 0 aliphatic rings. The number of carbonyl (C=O) groups excluding carboxylic acids is 1. The number of hydrogen-bond acceptors (Lipinski definition) is 4. The normalized spacial score (nSPS) is 9.87. The molecule has 0 atom stereocenters. The van der Waals surface area contributed by atoms with Gasteiger partial charge in [-0.3, -0.25) is 4.79 Å². The summed E-state index contributed by atoms with van der Waals surface area (Å²) >= 11 is 1.48. The molecule has 0 bridgehead atoms. The molecule has 0 aliphatic carbocycles. The van der Waals surface area contributed by atoms with Crippen LogP contribution in [-0.4, -0.2) is 26.3 Å². The van der Waals surface area contributed by atoms with Gasteiger partial charge in [0, 0.05) is 5.56 Å². The number of rotatable bonds is 4. The van der Waals surface area contributed by atoms with Crippen LogP contribution in [-0.2, 0) is 0 Å². The Morgan fingerprint density at radius 2 is 1.93 bits per heavy atom. The third kappa shape index (κ3) is 2.26. The first-order valence-corrected chi connectivity index (χ1v) is 5.68. The van der Waals surface area contributed by atoms with Gasteiger partial charge in [-0.1, -0.05) is 0 Å². The Hall–Kier alpha value is -1.16. The van der Waals surface area contributed by atoms with E-state index < -0.39 is 0 Å². The standard InChI is InChI=1S/C11H14O3S/c1-7(12)8-5-6-9(13-2)10(14-3)11(8)15-4/h5-6H,1-4H3. The van der Waals surface area contributed by atoms with Crippen molar-refractivity contribution in [1.29, 1.82) is 0 Å². The lowest BCUT2D eigenvalue weighted by atomic mass is 10.1. The Balaban J connectivity index is 3.40. The molecular weight excluding hydrogens is 212 g/mol. The number of hydrogen-bond donors (Lipinski definition) is 0. The van der Waals surface area contributed by atoms with E-state index in [4.69, 9.17) is 9.47 Å². The van der Waals surface area contributed by atoms with E-state index in [0.717, 1.165) is 4.90 Å². The third-order valence-electron chi connectivity index (χ3n) is 2.08. The fourth-order valence-electron chi connectivity index (χ4n) is 1.38. The summed E-state index contributed by atoms with van der Waals surface area (Å²) < 4.78 is 10.4. The second-order valence-corrected chi connectivity index (χ2v) is 3.75. The molecule has 0 spiro atoms. The molecule has 0 saturated heterocycles. The lowest BCUT2D eigenvalue weighted by molar-refractivity contribution is 0.101. The molecule has 0 unspecified atom stereocenters. The van der Waals surface area contributed by atoms with Gasteiger partial charge in [-0.05, 0) is 25.3 Å². The van der Waals surface area contributed by atoms with Gasteiger partial charge < -0.3 is 9.47 Å². The number of ketones is 1. The van der Waals surface area contributed by atoms with E-state index in [9.17, 15) is 4.79 Å². The second kappa shape index (κ2) is 5.07. The summed E-state index contributed by atoms with van der Waals surface area (Å²) in [6, 6.07) is 3.50. The average molecular weight is 226 g/mol. The number of methoxy groups -OCH3 is 2. The van der Waals surface area contributed by atoms with E-state index >= 15 is 0 Å². The highest BCUT2D eigenvalue weighted by atomic mass is 32.2. The Morgan fingerprint density at radius 3 is 2.33 bits per heavy atom. The Bertz CT molecular complexity index is 374. The number of ether oxygens (including phenoxy) is 2. The summed E-state index contributed by atoms with van der Waals surface area (Å²) in [4.78, 5) is 12.2. The summed E-state index contributed by atoms with van der Waals surface area (Å²) in [5.41, 5.74) is 0.667. The molecule has 0 heterocycles. The molecule has 0 fully saturated rings. The van der Waals surface area contributed by atoms with Crippen LogP contribution < -0.4 is 9.47 Å². The number of thioether (sulfide) groups is 1. The SMILES string of the molecule is COc1ccc(C(C)=O)c(SC)c1OC. The predicted molar refractivity (Wildman–Crippen MR) is 61.3 cm³/mol. The van der Waals surface area contributed by atoms with E-state index in [0.29, 0.717) is 17.1 Å². The molecule has 0 amide bonds. The monoisotopic (exact) mass is 226 g/mol. The van der Waals surface area contributed by atoms with Gasteiger partial charge in [0.1, 0.15) is 0 Å². The highest BCUT2D eigenvalue weighted by molar-refractivity contribution is 7.98. The molecule has 0 aromatic heterocycles. The van der Waals surface area contributed by atoms with Crippen molar-refractivity contribution >= 4 is 17.5 Å². The Labute approximate surface area is 93.8 Å². The summed E-state index contributed by atoms with van der Waals surface area (Å²) in [7, 11) is 3.15. The van der Waals surface area contributed by atoms with Gasteiger partial charge in [-0.15, -0.1) is 11.8 Å². The van der Waals surface area contributed by atoms with Crippen LogP contribution in [0.1, 0.15) is 17.3 Å². The average Bonchev–Trinajstić information content (AvgIpc) is 2.26. The van der Waals surface area contributed by atoms with Crippen molar-refractivity contribution in [2.45, 2.75) is 11.8 Å². The maximum absolute atomic E-state index is 11.4. The number of Topliss-reactive ketones (excluding diaryl/α,β-unsaturated/α-hetero) is 1. The van der Waals surface area contributed by atoms with E-state index in [1.165, 1.54) is 11.8 Å². The molecule has 4 heteroatoms. The quantitative estimate of drug-likeness (QED) is 0.584. The zero-order valence-corrected chi connectivity index (χ0v) is 10.1. The van der Waals surface area contributed by atoms with Crippen LogP contribution in [0.5, 0.6) is 11.5 Å². The van der Waals surface area contributed by atoms with Crippen LogP contribution in [0.15, 0.2) is 17.0 Å². The van der Waals surface area contributed by atoms with Crippen molar-refractivity contribution in [2.24, 2.45) is 0 Å². The minimum atomic E-state index is 0.0281. The fraction of sp³-hybridized carbons (Fsp3) is 0.364. The maximum Gasteiger partial charge on any atom is 0.175 e. The van der Waals surface area contributed by atoms with Gasteiger partial charge in [0.05, 0.1) is 19.1 Å². The fourth-order valence-corrected chi connectivity index (χ4v) is 2.18. The topological polar surface area (TPSA) is 35.5 Å². The van der Waals surface area contributed by atoms with Gasteiger partial charge in [-0.25, -0.2) is 0 Å².